The molecule has 0 radical (unpaired) electrons. The summed E-state index contributed by atoms with van der Waals surface area (Å²) < 4.78 is 39.0. The summed E-state index contributed by atoms with van der Waals surface area (Å²) in [5, 5.41) is 8.14. The number of carboxylic acid groups (broad SMARTS) is 1. The van der Waals surface area contributed by atoms with Crippen molar-refractivity contribution in [1.82, 2.24) is 9.71 Å². The zero-order chi connectivity index (χ0) is 14.5. The zero-order valence-corrected chi connectivity index (χ0v) is 11.2. The SMILES string of the molecule is CCCC[C@H](NS(=O)(=O)c1ncccc1F)C(=O)O. The Kier molecular flexibility index (Phi) is 5.37. The topological polar surface area (TPSA) is 96.4 Å². The van der Waals surface area contributed by atoms with Crippen molar-refractivity contribution in [3.63, 3.8) is 0 Å². The van der Waals surface area contributed by atoms with Crippen molar-refractivity contribution in [2.75, 3.05) is 0 Å². The lowest BCUT2D eigenvalue weighted by molar-refractivity contribution is -0.139. The minimum absolute atomic E-state index is 0.138. The van der Waals surface area contributed by atoms with Crippen molar-refractivity contribution in [2.45, 2.75) is 37.3 Å². The van der Waals surface area contributed by atoms with Crippen LogP contribution in [0.3, 0.4) is 0 Å². The van der Waals surface area contributed by atoms with Crippen LogP contribution in [0.5, 0.6) is 0 Å². The highest BCUT2D eigenvalue weighted by atomic mass is 32.2. The predicted octanol–water partition coefficient (Wildman–Crippen LogP) is 1.14. The first-order chi connectivity index (χ1) is 8.88. The fraction of sp³-hybridized carbons (Fsp3) is 0.455. The zero-order valence-electron chi connectivity index (χ0n) is 10.3. The van der Waals surface area contributed by atoms with Crippen molar-refractivity contribution in [2.24, 2.45) is 0 Å². The number of unbranched alkanes of at least 4 members (excludes halogenated alkanes) is 1. The number of nitrogens with zero attached hydrogens (tertiary/aromatic N) is 1. The molecule has 0 amide bonds. The lowest BCUT2D eigenvalue weighted by Gasteiger charge is -2.14. The molecule has 1 aromatic heterocycles. The van der Waals surface area contributed by atoms with E-state index in [1.807, 2.05) is 11.6 Å². The number of carbonyl (C=O) groups is 1. The number of pyridine rings is 1. The van der Waals surface area contributed by atoms with Crippen LogP contribution in [-0.4, -0.2) is 30.5 Å². The standard InChI is InChI=1S/C11H15FN2O4S/c1-2-3-6-9(11(15)16)14-19(17,18)10-8(12)5-4-7-13-10/h4-5,7,9,14H,2-3,6H2,1H3,(H,15,16)/t9-/m0/s1. The molecule has 106 valence electrons. The number of hydrogen-bond acceptors (Lipinski definition) is 4. The third kappa shape index (κ3) is 4.25. The van der Waals surface area contributed by atoms with Gasteiger partial charge in [0.2, 0.25) is 5.03 Å². The average molecular weight is 290 g/mol. The molecule has 6 nitrogen and oxygen atoms in total. The number of sulfonamides is 1. The minimum atomic E-state index is -4.28. The van der Waals surface area contributed by atoms with E-state index in [2.05, 4.69) is 4.98 Å². The van der Waals surface area contributed by atoms with Crippen LogP contribution in [0.1, 0.15) is 26.2 Å². The van der Waals surface area contributed by atoms with Gasteiger partial charge in [0.05, 0.1) is 0 Å². The van der Waals surface area contributed by atoms with Gasteiger partial charge in [-0.25, -0.2) is 17.8 Å². The number of hydrogen-bond donors (Lipinski definition) is 2. The maximum Gasteiger partial charge on any atom is 0.321 e. The Morgan fingerprint density at radius 2 is 2.26 bits per heavy atom. The summed E-state index contributed by atoms with van der Waals surface area (Å²) in [6, 6.07) is 0.912. The highest BCUT2D eigenvalue weighted by molar-refractivity contribution is 7.89. The van der Waals surface area contributed by atoms with E-state index in [-0.39, 0.29) is 6.42 Å². The second-order valence-corrected chi connectivity index (χ2v) is 5.57. The van der Waals surface area contributed by atoms with E-state index >= 15 is 0 Å². The van der Waals surface area contributed by atoms with Crippen LogP contribution in [0.2, 0.25) is 0 Å². The lowest BCUT2D eigenvalue weighted by atomic mass is 10.1. The molecule has 0 aliphatic heterocycles. The van der Waals surface area contributed by atoms with Crippen LogP contribution in [0.4, 0.5) is 4.39 Å². The number of halogens is 1. The number of carboxylic acids is 1. The van der Waals surface area contributed by atoms with E-state index in [9.17, 15) is 17.6 Å². The van der Waals surface area contributed by atoms with Gasteiger partial charge in [-0.05, 0) is 18.6 Å². The quantitative estimate of drug-likeness (QED) is 0.785. The van der Waals surface area contributed by atoms with Crippen molar-refractivity contribution in [3.05, 3.63) is 24.1 Å². The summed E-state index contributed by atoms with van der Waals surface area (Å²) in [7, 11) is -4.28. The van der Waals surface area contributed by atoms with E-state index in [1.54, 1.807) is 0 Å². The van der Waals surface area contributed by atoms with Crippen LogP contribution in [-0.2, 0) is 14.8 Å². The van der Waals surface area contributed by atoms with E-state index in [0.29, 0.717) is 6.42 Å². The van der Waals surface area contributed by atoms with Crippen molar-refractivity contribution in [1.29, 1.82) is 0 Å². The molecule has 1 heterocycles. The van der Waals surface area contributed by atoms with Gasteiger partial charge in [-0.1, -0.05) is 19.8 Å². The highest BCUT2D eigenvalue weighted by Gasteiger charge is 2.27. The van der Waals surface area contributed by atoms with Crippen LogP contribution >= 0.6 is 0 Å². The van der Waals surface area contributed by atoms with E-state index in [4.69, 9.17) is 5.11 Å². The number of rotatable bonds is 7. The second kappa shape index (κ2) is 6.58. The third-order valence-corrected chi connectivity index (χ3v) is 3.83. The molecule has 0 aliphatic rings. The van der Waals surface area contributed by atoms with E-state index < -0.39 is 32.9 Å². The van der Waals surface area contributed by atoms with Crippen molar-refractivity contribution in [3.8, 4) is 0 Å². The summed E-state index contributed by atoms with van der Waals surface area (Å²) in [6.45, 7) is 1.85. The Morgan fingerprint density at radius 1 is 1.58 bits per heavy atom. The second-order valence-electron chi connectivity index (χ2n) is 3.94. The average Bonchev–Trinajstić information content (AvgIpc) is 2.34. The molecular formula is C11H15FN2O4S. The van der Waals surface area contributed by atoms with Gasteiger partial charge < -0.3 is 5.11 Å². The third-order valence-electron chi connectivity index (χ3n) is 2.42. The minimum Gasteiger partial charge on any atom is -0.480 e. The Balaban J connectivity index is 2.95. The predicted molar refractivity (Wildman–Crippen MR) is 65.5 cm³/mol. The maximum absolute atomic E-state index is 13.4. The summed E-state index contributed by atoms with van der Waals surface area (Å²) in [6.07, 6.45) is 2.53. The largest absolute Gasteiger partial charge is 0.480 e. The smallest absolute Gasteiger partial charge is 0.321 e. The van der Waals surface area contributed by atoms with Crippen LogP contribution in [0.15, 0.2) is 23.4 Å². The number of nitrogens with one attached hydrogen (secondary N) is 1. The van der Waals surface area contributed by atoms with E-state index in [0.717, 1.165) is 18.7 Å². The summed E-state index contributed by atoms with van der Waals surface area (Å²) in [5.74, 6) is -2.32. The molecule has 0 aromatic carbocycles. The molecule has 1 atom stereocenters. The Bertz CT molecular complexity index is 547. The fourth-order valence-electron chi connectivity index (χ4n) is 1.45. The molecule has 0 saturated heterocycles. The molecule has 1 rings (SSSR count). The van der Waals surface area contributed by atoms with Crippen molar-refractivity contribution < 1.29 is 22.7 Å². The Morgan fingerprint density at radius 3 is 2.79 bits per heavy atom. The number of aliphatic carboxylic acids is 1. The molecule has 0 unspecified atom stereocenters. The van der Waals surface area contributed by atoms with Crippen molar-refractivity contribution >= 4 is 16.0 Å². The van der Waals surface area contributed by atoms with Gasteiger partial charge in [0.25, 0.3) is 10.0 Å². The van der Waals surface area contributed by atoms with Gasteiger partial charge in [0.1, 0.15) is 6.04 Å². The van der Waals surface area contributed by atoms with E-state index in [1.165, 1.54) is 6.07 Å². The van der Waals surface area contributed by atoms with Gasteiger partial charge in [-0.15, -0.1) is 0 Å². The number of aromatic nitrogens is 1. The summed E-state index contributed by atoms with van der Waals surface area (Å²) in [5.41, 5.74) is 0. The Hall–Kier alpha value is -1.54. The molecule has 0 bridgehead atoms. The maximum atomic E-state index is 13.4. The summed E-state index contributed by atoms with van der Waals surface area (Å²) >= 11 is 0. The molecule has 0 spiro atoms. The first kappa shape index (κ1) is 15.5. The van der Waals surface area contributed by atoms with Crippen LogP contribution in [0, 0.1) is 5.82 Å². The molecule has 0 aliphatic carbocycles. The van der Waals surface area contributed by atoms with Gasteiger partial charge in [-0.2, -0.15) is 4.72 Å². The first-order valence-corrected chi connectivity index (χ1v) is 7.22. The highest BCUT2D eigenvalue weighted by Crippen LogP contribution is 2.12. The van der Waals surface area contributed by atoms with Gasteiger partial charge >= 0.3 is 5.97 Å². The molecule has 2 N–H and O–H groups in total. The van der Waals surface area contributed by atoms with Gasteiger partial charge in [0, 0.05) is 6.20 Å². The monoisotopic (exact) mass is 290 g/mol. The molecule has 0 saturated carbocycles. The molecule has 19 heavy (non-hydrogen) atoms. The Labute approximate surface area is 110 Å². The lowest BCUT2D eigenvalue weighted by Crippen LogP contribution is -2.41. The molecule has 0 fully saturated rings. The van der Waals surface area contributed by atoms with Crippen LogP contribution < -0.4 is 4.72 Å². The normalized spacial score (nSPS) is 13.2. The first-order valence-electron chi connectivity index (χ1n) is 5.74. The van der Waals surface area contributed by atoms with Gasteiger partial charge in [0.15, 0.2) is 5.82 Å². The van der Waals surface area contributed by atoms with Crippen LogP contribution in [0.25, 0.3) is 0 Å². The summed E-state index contributed by atoms with van der Waals surface area (Å²) in [4.78, 5) is 14.4. The molecule has 8 heteroatoms. The fourth-order valence-corrected chi connectivity index (χ4v) is 2.68. The molecule has 1 aromatic rings. The molecular weight excluding hydrogens is 275 g/mol. The van der Waals surface area contributed by atoms with Gasteiger partial charge in [-0.3, -0.25) is 4.79 Å².